The van der Waals surface area contributed by atoms with Crippen molar-refractivity contribution in [1.82, 2.24) is 4.98 Å². The monoisotopic (exact) mass is 298 g/mol. The van der Waals surface area contributed by atoms with Crippen molar-refractivity contribution in [1.29, 1.82) is 0 Å². The summed E-state index contributed by atoms with van der Waals surface area (Å²) in [7, 11) is 0. The van der Waals surface area contributed by atoms with Crippen LogP contribution in [0.4, 0.5) is 17.1 Å². The summed E-state index contributed by atoms with van der Waals surface area (Å²) in [5.41, 5.74) is 3.23. The number of anilines is 2. The summed E-state index contributed by atoms with van der Waals surface area (Å²) < 4.78 is 0. The Morgan fingerprint density at radius 1 is 1.05 bits per heavy atom. The Morgan fingerprint density at radius 2 is 1.68 bits per heavy atom. The SMILES string of the molecule is Cc1ccccc1N1CCN(c2ccncc2[N+](=O)[O-])CC1. The van der Waals surface area contributed by atoms with E-state index in [2.05, 4.69) is 33.8 Å². The van der Waals surface area contributed by atoms with Gasteiger partial charge in [0, 0.05) is 38.1 Å². The summed E-state index contributed by atoms with van der Waals surface area (Å²) >= 11 is 0. The average molecular weight is 298 g/mol. The molecule has 6 nitrogen and oxygen atoms in total. The van der Waals surface area contributed by atoms with Gasteiger partial charge in [-0.15, -0.1) is 0 Å². The van der Waals surface area contributed by atoms with E-state index in [1.165, 1.54) is 17.4 Å². The van der Waals surface area contributed by atoms with Crippen LogP contribution in [-0.4, -0.2) is 36.1 Å². The third kappa shape index (κ3) is 2.72. The summed E-state index contributed by atoms with van der Waals surface area (Å²) in [6.07, 6.45) is 2.93. The van der Waals surface area contributed by atoms with Gasteiger partial charge in [-0.05, 0) is 24.6 Å². The molecule has 0 saturated carbocycles. The van der Waals surface area contributed by atoms with Crippen molar-refractivity contribution < 1.29 is 4.92 Å². The number of hydrogen-bond donors (Lipinski definition) is 0. The fourth-order valence-corrected chi connectivity index (χ4v) is 2.89. The van der Waals surface area contributed by atoms with Gasteiger partial charge in [0.05, 0.1) is 4.92 Å². The Bertz CT molecular complexity index is 681. The Morgan fingerprint density at radius 3 is 2.32 bits per heavy atom. The summed E-state index contributed by atoms with van der Waals surface area (Å²) in [4.78, 5) is 19.0. The molecule has 22 heavy (non-hydrogen) atoms. The van der Waals surface area contributed by atoms with Crippen molar-refractivity contribution in [2.24, 2.45) is 0 Å². The van der Waals surface area contributed by atoms with E-state index in [-0.39, 0.29) is 10.6 Å². The van der Waals surface area contributed by atoms with Crippen LogP contribution in [-0.2, 0) is 0 Å². The lowest BCUT2D eigenvalue weighted by Gasteiger charge is -2.37. The molecule has 1 aliphatic heterocycles. The molecular weight excluding hydrogens is 280 g/mol. The number of nitro groups is 1. The predicted octanol–water partition coefficient (Wildman–Crippen LogP) is 2.62. The zero-order valence-corrected chi connectivity index (χ0v) is 12.5. The molecule has 2 heterocycles. The molecular formula is C16H18N4O2. The van der Waals surface area contributed by atoms with Crippen LogP contribution in [0.5, 0.6) is 0 Å². The van der Waals surface area contributed by atoms with Crippen LogP contribution in [0.15, 0.2) is 42.7 Å². The first-order valence-corrected chi connectivity index (χ1v) is 7.31. The zero-order chi connectivity index (χ0) is 15.5. The van der Waals surface area contributed by atoms with Gasteiger partial charge >= 0.3 is 5.69 Å². The van der Waals surface area contributed by atoms with Crippen LogP contribution < -0.4 is 9.80 Å². The first-order chi connectivity index (χ1) is 10.7. The topological polar surface area (TPSA) is 62.5 Å². The maximum Gasteiger partial charge on any atom is 0.310 e. The summed E-state index contributed by atoms with van der Waals surface area (Å²) in [5.74, 6) is 0. The van der Waals surface area contributed by atoms with Crippen molar-refractivity contribution in [2.45, 2.75) is 6.92 Å². The van der Waals surface area contributed by atoms with Crippen molar-refractivity contribution in [3.63, 3.8) is 0 Å². The van der Waals surface area contributed by atoms with E-state index in [0.29, 0.717) is 5.69 Å². The number of para-hydroxylation sites is 1. The number of rotatable bonds is 3. The molecule has 0 amide bonds. The number of nitrogens with zero attached hydrogens (tertiary/aromatic N) is 4. The second-order valence-electron chi connectivity index (χ2n) is 5.38. The molecule has 0 unspecified atom stereocenters. The van der Waals surface area contributed by atoms with E-state index in [0.717, 1.165) is 26.2 Å². The summed E-state index contributed by atoms with van der Waals surface area (Å²) in [5, 5.41) is 11.1. The number of aryl methyl sites for hydroxylation is 1. The van der Waals surface area contributed by atoms with Crippen LogP contribution in [0, 0.1) is 17.0 Å². The molecule has 0 atom stereocenters. The second kappa shape index (κ2) is 6.01. The lowest BCUT2D eigenvalue weighted by molar-refractivity contribution is -0.384. The second-order valence-corrected chi connectivity index (χ2v) is 5.38. The third-order valence-electron chi connectivity index (χ3n) is 4.05. The summed E-state index contributed by atoms with van der Waals surface area (Å²) in [6, 6.07) is 10.0. The Kier molecular flexibility index (Phi) is 3.91. The van der Waals surface area contributed by atoms with Crippen LogP contribution in [0.3, 0.4) is 0 Å². The van der Waals surface area contributed by atoms with Crippen LogP contribution in [0.25, 0.3) is 0 Å². The predicted molar refractivity (Wildman–Crippen MR) is 86.5 cm³/mol. The molecule has 0 spiro atoms. The Hall–Kier alpha value is -2.63. The Labute approximate surface area is 129 Å². The molecule has 3 rings (SSSR count). The lowest BCUT2D eigenvalue weighted by Crippen LogP contribution is -2.46. The molecule has 1 aromatic heterocycles. The van der Waals surface area contributed by atoms with Gasteiger partial charge in [-0.25, -0.2) is 0 Å². The van der Waals surface area contributed by atoms with Gasteiger partial charge in [-0.2, -0.15) is 0 Å². The number of hydrogen-bond acceptors (Lipinski definition) is 5. The maximum atomic E-state index is 11.1. The van der Waals surface area contributed by atoms with Crippen LogP contribution >= 0.6 is 0 Å². The van der Waals surface area contributed by atoms with Crippen LogP contribution in [0.2, 0.25) is 0 Å². The van der Waals surface area contributed by atoms with Crippen molar-refractivity contribution in [3.05, 3.63) is 58.4 Å². The number of pyridine rings is 1. The van der Waals surface area contributed by atoms with Gasteiger partial charge in [0.1, 0.15) is 11.9 Å². The first-order valence-electron chi connectivity index (χ1n) is 7.31. The smallest absolute Gasteiger partial charge is 0.310 e. The highest BCUT2D eigenvalue weighted by Gasteiger charge is 2.24. The quantitative estimate of drug-likeness (QED) is 0.644. The minimum atomic E-state index is -0.365. The average Bonchev–Trinajstić information content (AvgIpc) is 2.55. The van der Waals surface area contributed by atoms with E-state index in [4.69, 9.17) is 0 Å². The molecule has 6 heteroatoms. The van der Waals surface area contributed by atoms with Crippen molar-refractivity contribution in [2.75, 3.05) is 36.0 Å². The minimum Gasteiger partial charge on any atom is -0.368 e. The molecule has 0 bridgehead atoms. The van der Waals surface area contributed by atoms with Gasteiger partial charge in [-0.1, -0.05) is 18.2 Å². The van der Waals surface area contributed by atoms with Gasteiger partial charge < -0.3 is 9.80 Å². The zero-order valence-electron chi connectivity index (χ0n) is 12.5. The fraction of sp³-hybridized carbons (Fsp3) is 0.312. The molecule has 0 radical (unpaired) electrons. The first kappa shape index (κ1) is 14.3. The van der Waals surface area contributed by atoms with Crippen LogP contribution in [0.1, 0.15) is 5.56 Å². The third-order valence-corrected chi connectivity index (χ3v) is 4.05. The van der Waals surface area contributed by atoms with E-state index in [9.17, 15) is 10.1 Å². The fourth-order valence-electron chi connectivity index (χ4n) is 2.89. The lowest BCUT2D eigenvalue weighted by atomic mass is 10.1. The van der Waals surface area contributed by atoms with E-state index >= 15 is 0 Å². The number of aromatic nitrogens is 1. The molecule has 0 N–H and O–H groups in total. The molecule has 2 aromatic rings. The van der Waals surface area contributed by atoms with E-state index in [1.807, 2.05) is 12.1 Å². The molecule has 1 saturated heterocycles. The van der Waals surface area contributed by atoms with Gasteiger partial charge in [-0.3, -0.25) is 15.1 Å². The molecule has 114 valence electrons. The number of piperazine rings is 1. The molecule has 1 fully saturated rings. The van der Waals surface area contributed by atoms with Gasteiger partial charge in [0.15, 0.2) is 0 Å². The maximum absolute atomic E-state index is 11.1. The van der Waals surface area contributed by atoms with Gasteiger partial charge in [0.25, 0.3) is 0 Å². The molecule has 1 aromatic carbocycles. The highest BCUT2D eigenvalue weighted by Crippen LogP contribution is 2.28. The highest BCUT2D eigenvalue weighted by molar-refractivity contribution is 5.63. The molecule has 0 aliphatic carbocycles. The van der Waals surface area contributed by atoms with E-state index in [1.54, 1.807) is 12.3 Å². The highest BCUT2D eigenvalue weighted by atomic mass is 16.6. The Balaban J connectivity index is 1.75. The summed E-state index contributed by atoms with van der Waals surface area (Å²) in [6.45, 7) is 5.34. The van der Waals surface area contributed by atoms with Gasteiger partial charge in [0.2, 0.25) is 0 Å². The minimum absolute atomic E-state index is 0.0758. The van der Waals surface area contributed by atoms with Crippen molar-refractivity contribution >= 4 is 17.1 Å². The van der Waals surface area contributed by atoms with Crippen molar-refractivity contribution in [3.8, 4) is 0 Å². The standard InChI is InChI=1S/C16H18N4O2/c1-13-4-2-3-5-14(13)18-8-10-19(11-9-18)15-6-7-17-12-16(15)20(21)22/h2-7,12H,8-11H2,1H3. The van der Waals surface area contributed by atoms with E-state index < -0.39 is 0 Å². The largest absolute Gasteiger partial charge is 0.368 e. The molecule has 1 aliphatic rings. The normalized spacial score (nSPS) is 15.0. The number of benzene rings is 1.